The Labute approximate surface area is 238 Å². The largest absolute Gasteiger partial charge is 0.480 e. The summed E-state index contributed by atoms with van der Waals surface area (Å²) < 4.78 is 41.3. The molecular weight excluding hydrogens is 535 g/mol. The molecule has 8 nitrogen and oxygen atoms in total. The molecule has 5 rings (SSSR count). The number of halogens is 3. The molecule has 3 fully saturated rings. The fourth-order valence-corrected chi connectivity index (χ4v) is 7.43. The molecule has 0 spiro atoms. The number of alkyl halides is 3. The van der Waals surface area contributed by atoms with Crippen molar-refractivity contribution in [3.05, 3.63) is 47.3 Å². The smallest absolute Gasteiger partial charge is 0.416 e. The first-order valence-corrected chi connectivity index (χ1v) is 14.1. The number of nitrogens with zero attached hydrogens (tertiary/aromatic N) is 4. The number of hydrogen-bond donors (Lipinski definition) is 2. The second-order valence-electron chi connectivity index (χ2n) is 13.0. The summed E-state index contributed by atoms with van der Waals surface area (Å²) >= 11 is 0. The third-order valence-corrected chi connectivity index (χ3v) is 9.02. The van der Waals surface area contributed by atoms with Crippen molar-refractivity contribution in [3.63, 3.8) is 0 Å². The van der Waals surface area contributed by atoms with Gasteiger partial charge < -0.3 is 20.2 Å². The number of likely N-dealkylation sites (tertiary alicyclic amines) is 1. The van der Waals surface area contributed by atoms with Crippen molar-refractivity contribution in [3.8, 4) is 0 Å². The Morgan fingerprint density at radius 2 is 1.78 bits per heavy atom. The lowest BCUT2D eigenvalue weighted by atomic mass is 9.72. The molecule has 6 atom stereocenters. The van der Waals surface area contributed by atoms with E-state index in [1.807, 2.05) is 40.9 Å². The Hall–Kier alpha value is -3.37. The summed E-state index contributed by atoms with van der Waals surface area (Å²) in [6, 6.07) is 2.71. The number of amides is 1. The van der Waals surface area contributed by atoms with Gasteiger partial charge in [0, 0.05) is 43.4 Å². The van der Waals surface area contributed by atoms with Gasteiger partial charge in [-0.25, -0.2) is 14.8 Å². The lowest BCUT2D eigenvalue weighted by Crippen LogP contribution is -2.48. The van der Waals surface area contributed by atoms with Crippen LogP contribution >= 0.6 is 0 Å². The van der Waals surface area contributed by atoms with Gasteiger partial charge >= 0.3 is 12.1 Å². The summed E-state index contributed by atoms with van der Waals surface area (Å²) in [5.74, 6) is -1.18. The van der Waals surface area contributed by atoms with E-state index in [1.54, 1.807) is 17.2 Å². The monoisotopic (exact) mass is 573 g/mol. The summed E-state index contributed by atoms with van der Waals surface area (Å²) in [5, 5.41) is 13.9. The lowest BCUT2D eigenvalue weighted by Gasteiger charge is -2.35. The topological polar surface area (TPSA) is 98.7 Å². The number of carboxylic acids is 1. The normalized spacial score (nSPS) is 29.3. The minimum absolute atomic E-state index is 0.0152. The zero-order valence-corrected chi connectivity index (χ0v) is 24.2. The van der Waals surface area contributed by atoms with Crippen LogP contribution in [0.15, 0.2) is 30.5 Å². The Morgan fingerprint density at radius 1 is 1.12 bits per heavy atom. The molecule has 222 valence electrons. The number of carbonyl (C=O) groups is 2. The number of carboxylic acid groups (broad SMARTS) is 1. The first kappa shape index (κ1) is 29.1. The fourth-order valence-electron chi connectivity index (χ4n) is 7.43. The van der Waals surface area contributed by atoms with Crippen molar-refractivity contribution < 1.29 is 27.9 Å². The van der Waals surface area contributed by atoms with E-state index in [-0.39, 0.29) is 35.2 Å². The molecule has 1 aliphatic heterocycles. The first-order valence-electron chi connectivity index (χ1n) is 14.1. The quantitative estimate of drug-likeness (QED) is 0.478. The molecule has 2 aliphatic carbocycles. The van der Waals surface area contributed by atoms with E-state index in [2.05, 4.69) is 15.3 Å². The highest BCUT2D eigenvalue weighted by Crippen LogP contribution is 2.60. The molecule has 11 heteroatoms. The van der Waals surface area contributed by atoms with E-state index < -0.39 is 47.2 Å². The van der Waals surface area contributed by atoms with E-state index in [0.717, 1.165) is 31.4 Å². The van der Waals surface area contributed by atoms with Gasteiger partial charge in [-0.1, -0.05) is 33.3 Å². The molecule has 2 aromatic heterocycles. The van der Waals surface area contributed by atoms with Crippen LogP contribution in [-0.4, -0.2) is 58.0 Å². The number of anilines is 2. The third kappa shape index (κ3) is 5.23. The van der Waals surface area contributed by atoms with Crippen LogP contribution in [0, 0.1) is 36.0 Å². The summed E-state index contributed by atoms with van der Waals surface area (Å²) in [5.41, 5.74) is -0.688. The molecule has 3 aliphatic rings. The predicted octanol–water partition coefficient (Wildman–Crippen LogP) is 5.40. The summed E-state index contributed by atoms with van der Waals surface area (Å²) in [6.07, 6.45) is 0.00429. The minimum atomic E-state index is -4.58. The zero-order chi connectivity index (χ0) is 30.0. The number of aromatic nitrogens is 2. The molecule has 1 saturated heterocycles. The molecule has 2 saturated carbocycles. The maximum atomic E-state index is 14.3. The number of hydrogen-bond acceptors (Lipinski definition) is 6. The average molecular weight is 574 g/mol. The van der Waals surface area contributed by atoms with Gasteiger partial charge in [-0.2, -0.15) is 13.2 Å². The highest BCUT2D eigenvalue weighted by molar-refractivity contribution is 5.89. The molecule has 0 bridgehead atoms. The van der Waals surface area contributed by atoms with Crippen LogP contribution in [0.4, 0.5) is 24.8 Å². The highest BCUT2D eigenvalue weighted by Gasteiger charge is 2.64. The van der Waals surface area contributed by atoms with Crippen molar-refractivity contribution in [2.24, 2.45) is 29.1 Å². The lowest BCUT2D eigenvalue weighted by molar-refractivity contribution is -0.153. The van der Waals surface area contributed by atoms with Gasteiger partial charge in [-0.15, -0.1) is 0 Å². The van der Waals surface area contributed by atoms with Crippen LogP contribution in [0.3, 0.4) is 0 Å². The minimum Gasteiger partial charge on any atom is -0.480 e. The van der Waals surface area contributed by atoms with Crippen molar-refractivity contribution in [2.75, 3.05) is 24.3 Å². The molecule has 2 unspecified atom stereocenters. The number of pyridine rings is 2. The fraction of sp³-hybridized carbons (Fsp3) is 0.600. The third-order valence-electron chi connectivity index (χ3n) is 9.02. The maximum Gasteiger partial charge on any atom is 0.416 e. The molecule has 0 aromatic carbocycles. The number of aryl methyl sites for hydroxylation is 1. The number of aliphatic carboxylic acids is 1. The highest BCUT2D eigenvalue weighted by atomic mass is 19.4. The summed E-state index contributed by atoms with van der Waals surface area (Å²) in [7, 11) is 3.63. The van der Waals surface area contributed by atoms with Crippen molar-refractivity contribution in [1.29, 1.82) is 0 Å². The van der Waals surface area contributed by atoms with E-state index in [0.29, 0.717) is 11.4 Å². The number of carbonyl (C=O) groups excluding carboxylic acids is 1. The van der Waals surface area contributed by atoms with E-state index in [9.17, 15) is 27.9 Å². The first-order chi connectivity index (χ1) is 19.1. The maximum absolute atomic E-state index is 14.3. The average Bonchev–Trinajstić information content (AvgIpc) is 3.18. The van der Waals surface area contributed by atoms with Crippen molar-refractivity contribution in [1.82, 2.24) is 14.9 Å². The van der Waals surface area contributed by atoms with Gasteiger partial charge in [-0.05, 0) is 55.2 Å². The van der Waals surface area contributed by atoms with E-state index in [1.165, 1.54) is 11.8 Å². The van der Waals surface area contributed by atoms with Crippen LogP contribution in [0.1, 0.15) is 62.9 Å². The second-order valence-corrected chi connectivity index (χ2v) is 13.0. The molecule has 3 heterocycles. The van der Waals surface area contributed by atoms with Gasteiger partial charge in [0.1, 0.15) is 17.7 Å². The van der Waals surface area contributed by atoms with Crippen molar-refractivity contribution in [2.45, 2.75) is 71.3 Å². The van der Waals surface area contributed by atoms with Crippen LogP contribution in [0.25, 0.3) is 0 Å². The number of rotatable bonds is 6. The van der Waals surface area contributed by atoms with Gasteiger partial charge in [0.25, 0.3) is 0 Å². The van der Waals surface area contributed by atoms with Crippen LogP contribution < -0.4 is 10.2 Å². The van der Waals surface area contributed by atoms with Gasteiger partial charge in [-0.3, -0.25) is 4.79 Å². The van der Waals surface area contributed by atoms with Crippen LogP contribution in [0.2, 0.25) is 0 Å². The standard InChI is InChI=1S/C30H38F3N5O3/c1-15-13-16(30(31,32)33)14-20(35-15)36-23-22(29(2,3)4)25(28(40)41)38(27(39)21-17-9-7-10-18(17)21)24(23)19-11-8-12-34-26(19)37(5)6/h8,11-14,17-18,21-25H,7,9-10H2,1-6H3,(H,35,36)(H,40,41)/t17?,18?,21?,22-,23-,24-,25-/m0/s1. The Balaban J connectivity index is 1.70. The molecular formula is C30H38F3N5O3. The van der Waals surface area contributed by atoms with E-state index >= 15 is 0 Å². The molecule has 2 N–H and O–H groups in total. The predicted molar refractivity (Wildman–Crippen MR) is 148 cm³/mol. The molecule has 0 radical (unpaired) electrons. The summed E-state index contributed by atoms with van der Waals surface area (Å²) in [4.78, 5) is 39.6. The van der Waals surface area contributed by atoms with Gasteiger partial charge in [0.2, 0.25) is 5.91 Å². The Kier molecular flexibility index (Phi) is 7.22. The number of nitrogens with one attached hydrogen (secondary N) is 1. The Morgan fingerprint density at radius 3 is 2.34 bits per heavy atom. The Bertz CT molecular complexity index is 1330. The SMILES string of the molecule is Cc1cc(C(F)(F)F)cc(N[C@H]2[C@H](C(C)(C)C)[C@@H](C(=O)O)N(C(=O)C3C4CCCC43)[C@H]2c2cccnc2N(C)C)n1. The molecule has 41 heavy (non-hydrogen) atoms. The second kappa shape index (κ2) is 10.2. The van der Waals surface area contributed by atoms with Gasteiger partial charge in [0.15, 0.2) is 0 Å². The zero-order valence-electron chi connectivity index (χ0n) is 24.2. The number of fused-ring (bicyclic) bond motifs is 1. The van der Waals surface area contributed by atoms with E-state index in [4.69, 9.17) is 0 Å². The van der Waals surface area contributed by atoms with Crippen LogP contribution in [0.5, 0.6) is 0 Å². The molecule has 2 aromatic rings. The van der Waals surface area contributed by atoms with Gasteiger partial charge in [0.05, 0.1) is 17.6 Å². The summed E-state index contributed by atoms with van der Waals surface area (Å²) in [6.45, 7) is 7.20. The molecule has 1 amide bonds. The van der Waals surface area contributed by atoms with Crippen molar-refractivity contribution >= 4 is 23.5 Å². The van der Waals surface area contributed by atoms with Crippen LogP contribution in [-0.2, 0) is 15.8 Å².